The van der Waals surface area contributed by atoms with Gasteiger partial charge in [-0.1, -0.05) is 12.2 Å². The molecule has 1 aromatic heterocycles. The second-order valence-corrected chi connectivity index (χ2v) is 4.90. The Morgan fingerprint density at radius 3 is 2.82 bits per heavy atom. The zero-order chi connectivity index (χ0) is 12.4. The minimum absolute atomic E-state index is 0.0498. The van der Waals surface area contributed by atoms with Gasteiger partial charge in [-0.05, 0) is 25.8 Å². The first kappa shape index (κ1) is 12.1. The van der Waals surface area contributed by atoms with Crippen molar-refractivity contribution in [3.05, 3.63) is 23.7 Å². The SMILES string of the molecule is Cc1ccoc1C(=O)N(CCC(N)=S)C1CC1. The van der Waals surface area contributed by atoms with Crippen LogP contribution in [0.1, 0.15) is 35.4 Å². The maximum atomic E-state index is 12.3. The van der Waals surface area contributed by atoms with Crippen LogP contribution in [0.25, 0.3) is 0 Å². The lowest BCUT2D eigenvalue weighted by atomic mass is 10.2. The molecule has 1 amide bonds. The molecule has 1 saturated carbocycles. The smallest absolute Gasteiger partial charge is 0.290 e. The summed E-state index contributed by atoms with van der Waals surface area (Å²) in [6.07, 6.45) is 4.23. The maximum Gasteiger partial charge on any atom is 0.290 e. The van der Waals surface area contributed by atoms with Gasteiger partial charge in [-0.2, -0.15) is 0 Å². The highest BCUT2D eigenvalue weighted by atomic mass is 32.1. The summed E-state index contributed by atoms with van der Waals surface area (Å²) >= 11 is 4.85. The number of aryl methyl sites for hydroxylation is 1. The van der Waals surface area contributed by atoms with E-state index < -0.39 is 0 Å². The van der Waals surface area contributed by atoms with Gasteiger partial charge in [-0.25, -0.2) is 0 Å². The molecule has 1 fully saturated rings. The van der Waals surface area contributed by atoms with Gasteiger partial charge >= 0.3 is 0 Å². The van der Waals surface area contributed by atoms with E-state index in [1.165, 1.54) is 0 Å². The van der Waals surface area contributed by atoms with Gasteiger partial charge in [0.25, 0.3) is 5.91 Å². The minimum Gasteiger partial charge on any atom is -0.459 e. The number of hydrogen-bond acceptors (Lipinski definition) is 3. The highest BCUT2D eigenvalue weighted by molar-refractivity contribution is 7.80. The number of furan rings is 1. The molecule has 17 heavy (non-hydrogen) atoms. The van der Waals surface area contributed by atoms with E-state index in [2.05, 4.69) is 0 Å². The van der Waals surface area contributed by atoms with E-state index in [1.54, 1.807) is 12.3 Å². The molecule has 92 valence electrons. The van der Waals surface area contributed by atoms with Crippen LogP contribution in [0.3, 0.4) is 0 Å². The van der Waals surface area contributed by atoms with E-state index in [9.17, 15) is 4.79 Å². The molecule has 2 rings (SSSR count). The van der Waals surface area contributed by atoms with Gasteiger partial charge in [0.15, 0.2) is 5.76 Å². The summed E-state index contributed by atoms with van der Waals surface area (Å²) < 4.78 is 5.24. The molecule has 1 aromatic rings. The Labute approximate surface area is 106 Å². The van der Waals surface area contributed by atoms with Gasteiger partial charge in [0.1, 0.15) is 0 Å². The van der Waals surface area contributed by atoms with E-state index in [0.717, 1.165) is 18.4 Å². The summed E-state index contributed by atoms with van der Waals surface area (Å²) in [7, 11) is 0. The minimum atomic E-state index is -0.0498. The van der Waals surface area contributed by atoms with Crippen molar-refractivity contribution in [3.63, 3.8) is 0 Å². The predicted molar refractivity (Wildman–Crippen MR) is 68.9 cm³/mol. The lowest BCUT2D eigenvalue weighted by Gasteiger charge is -2.21. The molecule has 0 unspecified atom stereocenters. The number of thiocarbonyl (C=S) groups is 1. The lowest BCUT2D eigenvalue weighted by Crippen LogP contribution is -2.35. The Balaban J connectivity index is 2.08. The molecule has 0 atom stereocenters. The second-order valence-electron chi connectivity index (χ2n) is 4.38. The summed E-state index contributed by atoms with van der Waals surface area (Å²) in [6.45, 7) is 2.45. The molecule has 0 aliphatic heterocycles. The molecule has 0 aromatic carbocycles. The van der Waals surface area contributed by atoms with Crippen LogP contribution in [0.15, 0.2) is 16.7 Å². The Kier molecular flexibility index (Phi) is 3.47. The molecule has 2 N–H and O–H groups in total. The molecule has 1 aliphatic carbocycles. The molecule has 1 heterocycles. The third kappa shape index (κ3) is 2.85. The molecule has 4 nitrogen and oxygen atoms in total. The lowest BCUT2D eigenvalue weighted by molar-refractivity contribution is 0.0715. The van der Waals surface area contributed by atoms with Gasteiger partial charge in [-0.3, -0.25) is 4.79 Å². The third-order valence-corrected chi connectivity index (χ3v) is 3.11. The first-order chi connectivity index (χ1) is 8.09. The molecule has 1 aliphatic rings. The van der Waals surface area contributed by atoms with E-state index in [0.29, 0.717) is 29.8 Å². The van der Waals surface area contributed by atoms with Crippen LogP contribution in [-0.2, 0) is 0 Å². The summed E-state index contributed by atoms with van der Waals surface area (Å²) in [4.78, 5) is 14.5. The summed E-state index contributed by atoms with van der Waals surface area (Å²) in [5.74, 6) is 0.381. The zero-order valence-electron chi connectivity index (χ0n) is 9.81. The second kappa shape index (κ2) is 4.87. The topological polar surface area (TPSA) is 59.5 Å². The first-order valence-corrected chi connectivity index (χ1v) is 6.14. The van der Waals surface area contributed by atoms with Crippen LogP contribution in [0.2, 0.25) is 0 Å². The molecular weight excluding hydrogens is 236 g/mol. The molecule has 0 spiro atoms. The highest BCUT2D eigenvalue weighted by Gasteiger charge is 2.34. The normalized spacial score (nSPS) is 14.6. The fourth-order valence-corrected chi connectivity index (χ4v) is 1.88. The number of nitrogens with zero attached hydrogens (tertiary/aromatic N) is 1. The highest BCUT2D eigenvalue weighted by Crippen LogP contribution is 2.29. The quantitative estimate of drug-likeness (QED) is 0.813. The zero-order valence-corrected chi connectivity index (χ0v) is 10.6. The molecular formula is C12H16N2O2S. The van der Waals surface area contributed by atoms with Gasteiger partial charge in [0.05, 0.1) is 11.3 Å². The van der Waals surface area contributed by atoms with E-state index in [4.69, 9.17) is 22.4 Å². The molecule has 5 heteroatoms. The number of carbonyl (C=O) groups excluding carboxylic acids is 1. The van der Waals surface area contributed by atoms with Crippen LogP contribution < -0.4 is 5.73 Å². The fourth-order valence-electron chi connectivity index (χ4n) is 1.79. The van der Waals surface area contributed by atoms with Crippen molar-refractivity contribution in [3.8, 4) is 0 Å². The monoisotopic (exact) mass is 252 g/mol. The average Bonchev–Trinajstić information content (AvgIpc) is 3.00. The Morgan fingerprint density at radius 1 is 1.65 bits per heavy atom. The van der Waals surface area contributed by atoms with Crippen molar-refractivity contribution >= 4 is 23.1 Å². The summed E-state index contributed by atoms with van der Waals surface area (Å²) in [5, 5.41) is 0. The van der Waals surface area contributed by atoms with Crippen LogP contribution in [0.4, 0.5) is 0 Å². The van der Waals surface area contributed by atoms with Crippen molar-refractivity contribution in [2.24, 2.45) is 5.73 Å². The van der Waals surface area contributed by atoms with Crippen molar-refractivity contribution in [1.82, 2.24) is 4.90 Å². The van der Waals surface area contributed by atoms with Crippen molar-refractivity contribution in [1.29, 1.82) is 0 Å². The van der Waals surface area contributed by atoms with Gasteiger partial charge in [0, 0.05) is 24.6 Å². The number of rotatable bonds is 5. The Morgan fingerprint density at radius 2 is 2.35 bits per heavy atom. The number of amides is 1. The van der Waals surface area contributed by atoms with E-state index in [1.807, 2.05) is 11.8 Å². The Bertz CT molecular complexity index is 437. The van der Waals surface area contributed by atoms with Crippen LogP contribution in [0, 0.1) is 6.92 Å². The predicted octanol–water partition coefficient (Wildman–Crippen LogP) is 1.87. The summed E-state index contributed by atoms with van der Waals surface area (Å²) in [5.41, 5.74) is 6.35. The number of nitrogens with two attached hydrogens (primary N) is 1. The van der Waals surface area contributed by atoms with Crippen molar-refractivity contribution in [2.45, 2.75) is 32.2 Å². The van der Waals surface area contributed by atoms with Crippen LogP contribution in [-0.4, -0.2) is 28.4 Å². The average molecular weight is 252 g/mol. The van der Waals surface area contributed by atoms with Gasteiger partial charge in [-0.15, -0.1) is 0 Å². The molecule has 0 radical (unpaired) electrons. The fraction of sp³-hybridized carbons (Fsp3) is 0.500. The largest absolute Gasteiger partial charge is 0.459 e. The van der Waals surface area contributed by atoms with Crippen LogP contribution >= 0.6 is 12.2 Å². The van der Waals surface area contributed by atoms with Gasteiger partial charge < -0.3 is 15.1 Å². The van der Waals surface area contributed by atoms with Crippen LogP contribution in [0.5, 0.6) is 0 Å². The molecule has 0 saturated heterocycles. The van der Waals surface area contributed by atoms with E-state index in [-0.39, 0.29) is 5.91 Å². The Hall–Kier alpha value is -1.36. The number of carbonyl (C=O) groups is 1. The van der Waals surface area contributed by atoms with Crippen molar-refractivity contribution < 1.29 is 9.21 Å². The first-order valence-electron chi connectivity index (χ1n) is 5.73. The van der Waals surface area contributed by atoms with E-state index >= 15 is 0 Å². The standard InChI is InChI=1S/C12H16N2O2S/c1-8-5-7-16-11(8)12(15)14(9-2-3-9)6-4-10(13)17/h5,7,9H,2-4,6H2,1H3,(H2,13,17). The van der Waals surface area contributed by atoms with Gasteiger partial charge in [0.2, 0.25) is 0 Å². The number of hydrogen-bond donors (Lipinski definition) is 1. The third-order valence-electron chi connectivity index (χ3n) is 2.90. The maximum absolute atomic E-state index is 12.3. The summed E-state index contributed by atoms with van der Waals surface area (Å²) in [6, 6.07) is 2.13. The van der Waals surface area contributed by atoms with Crippen molar-refractivity contribution in [2.75, 3.05) is 6.54 Å². The molecule has 0 bridgehead atoms.